The summed E-state index contributed by atoms with van der Waals surface area (Å²) in [4.78, 5) is 4.46. The van der Waals surface area contributed by atoms with E-state index < -0.39 is 10.0 Å². The quantitative estimate of drug-likeness (QED) is 0.302. The Morgan fingerprint density at radius 3 is 2.40 bits per heavy atom. The van der Waals surface area contributed by atoms with Crippen molar-refractivity contribution in [2.24, 2.45) is 18.0 Å². The van der Waals surface area contributed by atoms with Crippen molar-refractivity contribution in [3.05, 3.63) is 48.3 Å². The van der Waals surface area contributed by atoms with E-state index in [0.717, 1.165) is 11.3 Å². The number of benzene rings is 1. The zero-order valence-corrected chi connectivity index (χ0v) is 19.2. The Bertz CT molecular complexity index is 920. The maximum absolute atomic E-state index is 12.2. The number of guanidine groups is 1. The van der Waals surface area contributed by atoms with Crippen LogP contribution in [0.3, 0.4) is 0 Å². The minimum Gasteiger partial charge on any atom is -0.493 e. The van der Waals surface area contributed by atoms with Crippen molar-refractivity contribution >= 4 is 16.0 Å². The number of sulfonamides is 1. The molecular weight excluding hydrogens is 402 g/mol. The van der Waals surface area contributed by atoms with Crippen molar-refractivity contribution in [1.82, 2.24) is 19.9 Å². The Morgan fingerprint density at radius 1 is 1.13 bits per heavy atom. The number of hydrogen-bond donors (Lipinski definition) is 3. The van der Waals surface area contributed by atoms with Crippen LogP contribution >= 0.6 is 0 Å². The molecule has 0 spiro atoms. The molecule has 0 saturated carbocycles. The van der Waals surface area contributed by atoms with Gasteiger partial charge in [-0.3, -0.25) is 4.99 Å². The highest BCUT2D eigenvalue weighted by Gasteiger charge is 2.14. The lowest BCUT2D eigenvalue weighted by Gasteiger charge is -2.19. The molecule has 8 nitrogen and oxygen atoms in total. The fraction of sp³-hybridized carbons (Fsp3) is 0.476. The Hall–Kier alpha value is -2.52. The van der Waals surface area contributed by atoms with E-state index in [1.165, 1.54) is 0 Å². The third kappa shape index (κ3) is 7.38. The Balaban J connectivity index is 1.79. The first-order valence-electron chi connectivity index (χ1n) is 10.0. The van der Waals surface area contributed by atoms with Gasteiger partial charge in [0.15, 0.2) is 5.96 Å². The Labute approximate surface area is 179 Å². The second-order valence-corrected chi connectivity index (χ2v) is 9.32. The van der Waals surface area contributed by atoms with E-state index in [-0.39, 0.29) is 17.5 Å². The second kappa shape index (κ2) is 11.0. The molecule has 3 N–H and O–H groups in total. The molecule has 166 valence electrons. The molecule has 1 aromatic carbocycles. The monoisotopic (exact) mass is 435 g/mol. The minimum absolute atomic E-state index is 0.0244. The first-order chi connectivity index (χ1) is 14.2. The van der Waals surface area contributed by atoms with Crippen molar-refractivity contribution in [2.75, 3.05) is 26.7 Å². The lowest BCUT2D eigenvalue weighted by Crippen LogP contribution is -2.42. The number of rotatable bonds is 10. The van der Waals surface area contributed by atoms with Crippen molar-refractivity contribution in [2.45, 2.75) is 31.7 Å². The average Bonchev–Trinajstić information content (AvgIpc) is 3.16. The van der Waals surface area contributed by atoms with Crippen LogP contribution in [0.2, 0.25) is 0 Å². The fourth-order valence-electron chi connectivity index (χ4n) is 2.69. The van der Waals surface area contributed by atoms with E-state index in [9.17, 15) is 8.42 Å². The molecule has 0 fully saturated rings. The number of aromatic nitrogens is 1. The molecular formula is C21H33N5O3S. The number of hydrogen-bond acceptors (Lipinski definition) is 4. The summed E-state index contributed by atoms with van der Waals surface area (Å²) in [6.45, 7) is 7.61. The molecule has 0 aliphatic heterocycles. The van der Waals surface area contributed by atoms with Crippen molar-refractivity contribution in [1.29, 1.82) is 0 Å². The van der Waals surface area contributed by atoms with Crippen LogP contribution in [0.15, 0.2) is 52.6 Å². The minimum atomic E-state index is -3.51. The van der Waals surface area contributed by atoms with Crippen LogP contribution in [-0.2, 0) is 17.1 Å². The maximum Gasteiger partial charge on any atom is 0.242 e. The van der Waals surface area contributed by atoms with Gasteiger partial charge in [0, 0.05) is 39.6 Å². The summed E-state index contributed by atoms with van der Waals surface area (Å²) < 4.78 is 34.4. The third-order valence-electron chi connectivity index (χ3n) is 4.36. The van der Waals surface area contributed by atoms with Gasteiger partial charge in [0.1, 0.15) is 5.75 Å². The number of ether oxygens (including phenoxy) is 1. The molecule has 0 saturated heterocycles. The van der Waals surface area contributed by atoms with E-state index in [1.54, 1.807) is 37.1 Å². The van der Waals surface area contributed by atoms with E-state index >= 15 is 0 Å². The van der Waals surface area contributed by atoms with Crippen molar-refractivity contribution in [3.8, 4) is 5.75 Å². The Kier molecular flexibility index (Phi) is 8.73. The zero-order chi connectivity index (χ0) is 22.1. The molecule has 9 heteroatoms. The van der Waals surface area contributed by atoms with Crippen LogP contribution in [0, 0.1) is 5.92 Å². The zero-order valence-electron chi connectivity index (χ0n) is 18.3. The highest BCUT2D eigenvalue weighted by Crippen LogP contribution is 2.18. The normalized spacial score (nSPS) is 13.3. The fourth-order valence-corrected chi connectivity index (χ4v) is 3.77. The van der Waals surface area contributed by atoms with Crippen LogP contribution < -0.4 is 20.1 Å². The molecule has 1 heterocycles. The Morgan fingerprint density at radius 2 is 1.83 bits per heavy atom. The third-order valence-corrected chi connectivity index (χ3v) is 5.81. The van der Waals surface area contributed by atoms with Crippen molar-refractivity contribution in [3.63, 3.8) is 0 Å². The molecule has 30 heavy (non-hydrogen) atoms. The first-order valence-corrected chi connectivity index (χ1v) is 11.5. The molecule has 1 unspecified atom stereocenters. The topological polar surface area (TPSA) is 96.8 Å². The molecule has 0 amide bonds. The highest BCUT2D eigenvalue weighted by molar-refractivity contribution is 7.89. The summed E-state index contributed by atoms with van der Waals surface area (Å²) in [6.07, 6.45) is 3.26. The number of aryl methyl sites for hydroxylation is 1. The highest BCUT2D eigenvalue weighted by atomic mass is 32.2. The summed E-state index contributed by atoms with van der Waals surface area (Å²) in [7, 11) is -0.0465. The molecule has 0 aliphatic rings. The van der Waals surface area contributed by atoms with Crippen LogP contribution in [-0.4, -0.2) is 45.7 Å². The summed E-state index contributed by atoms with van der Waals surface area (Å²) in [6, 6.07) is 9.56. The molecule has 2 rings (SSSR count). The molecule has 2 aromatic rings. The van der Waals surface area contributed by atoms with Gasteiger partial charge in [0.05, 0.1) is 17.5 Å². The van der Waals surface area contributed by atoms with Gasteiger partial charge in [-0.05, 0) is 36.6 Å². The van der Waals surface area contributed by atoms with Crippen molar-refractivity contribution < 1.29 is 13.2 Å². The van der Waals surface area contributed by atoms with Gasteiger partial charge in [0.2, 0.25) is 10.0 Å². The van der Waals surface area contributed by atoms with E-state index in [0.29, 0.717) is 25.0 Å². The molecule has 0 radical (unpaired) electrons. The molecule has 1 atom stereocenters. The maximum atomic E-state index is 12.2. The summed E-state index contributed by atoms with van der Waals surface area (Å²) >= 11 is 0. The van der Waals surface area contributed by atoms with Crippen LogP contribution in [0.25, 0.3) is 0 Å². The smallest absolute Gasteiger partial charge is 0.242 e. The van der Waals surface area contributed by atoms with Crippen LogP contribution in [0.1, 0.15) is 32.4 Å². The second-order valence-electron chi connectivity index (χ2n) is 7.55. The van der Waals surface area contributed by atoms with Crippen LogP contribution in [0.5, 0.6) is 5.75 Å². The lowest BCUT2D eigenvalue weighted by molar-refractivity contribution is 0.271. The standard InChI is InChI=1S/C21H33N5O3S/c1-16(2)15-29-19-8-6-18(7-9-19)17(3)25-21(22-4)23-11-12-24-30(27,28)20-10-13-26(5)14-20/h6-10,13-14,16-17,24H,11-12,15H2,1-5H3,(H2,22,23,25). The average molecular weight is 436 g/mol. The van der Waals surface area contributed by atoms with Gasteiger partial charge in [0.25, 0.3) is 0 Å². The summed E-state index contributed by atoms with van der Waals surface area (Å²) in [5.74, 6) is 1.94. The lowest BCUT2D eigenvalue weighted by atomic mass is 10.1. The summed E-state index contributed by atoms with van der Waals surface area (Å²) in [5, 5.41) is 6.43. The molecule has 0 bridgehead atoms. The molecule has 1 aromatic heterocycles. The number of aliphatic imine (C=N–C) groups is 1. The predicted octanol–water partition coefficient (Wildman–Crippen LogP) is 2.26. The first kappa shape index (κ1) is 23.8. The van der Waals surface area contributed by atoms with E-state index in [2.05, 4.69) is 34.2 Å². The number of nitrogens with zero attached hydrogens (tertiary/aromatic N) is 2. The van der Waals surface area contributed by atoms with E-state index in [1.807, 2.05) is 31.2 Å². The predicted molar refractivity (Wildman–Crippen MR) is 120 cm³/mol. The van der Waals surface area contributed by atoms with Gasteiger partial charge in [-0.2, -0.15) is 0 Å². The van der Waals surface area contributed by atoms with Gasteiger partial charge in [-0.15, -0.1) is 0 Å². The van der Waals surface area contributed by atoms with Gasteiger partial charge in [-0.1, -0.05) is 26.0 Å². The molecule has 0 aliphatic carbocycles. The van der Waals surface area contributed by atoms with Gasteiger partial charge < -0.3 is 19.9 Å². The van der Waals surface area contributed by atoms with Gasteiger partial charge in [-0.25, -0.2) is 13.1 Å². The SMILES string of the molecule is CN=C(NCCNS(=O)(=O)c1ccn(C)c1)NC(C)c1ccc(OCC(C)C)cc1. The largest absolute Gasteiger partial charge is 0.493 e. The van der Waals surface area contributed by atoms with Crippen LogP contribution in [0.4, 0.5) is 0 Å². The number of nitrogens with one attached hydrogen (secondary N) is 3. The van der Waals surface area contributed by atoms with E-state index in [4.69, 9.17) is 4.74 Å². The summed E-state index contributed by atoms with van der Waals surface area (Å²) in [5.41, 5.74) is 1.10. The van der Waals surface area contributed by atoms with Gasteiger partial charge >= 0.3 is 0 Å².